The fourth-order valence-electron chi connectivity index (χ4n) is 3.64. The Bertz CT molecular complexity index is 1440. The normalized spacial score (nSPS) is 11.4. The maximum absolute atomic E-state index is 12.7. The number of aryl methyl sites for hydroxylation is 2. The molecule has 0 fully saturated rings. The highest BCUT2D eigenvalue weighted by molar-refractivity contribution is 7.46. The van der Waals surface area contributed by atoms with Crippen molar-refractivity contribution < 1.29 is 33.2 Å². The second-order valence-corrected chi connectivity index (χ2v) is 8.89. The third-order valence-electron chi connectivity index (χ3n) is 5.20. The molecule has 36 heavy (non-hydrogen) atoms. The Morgan fingerprint density at radius 1 is 1.19 bits per heavy atom. The largest absolute Gasteiger partial charge is 0.524 e. The molecule has 0 spiro atoms. The molecular formula is C22H23N6O7P. The fourth-order valence-corrected chi connectivity index (χ4v) is 4.04. The zero-order valence-corrected chi connectivity index (χ0v) is 20.0. The highest BCUT2D eigenvalue weighted by atomic mass is 31.2. The highest BCUT2D eigenvalue weighted by Crippen LogP contribution is 2.37. The number of carbonyl (C=O) groups is 2. The van der Waals surface area contributed by atoms with Gasteiger partial charge in [-0.2, -0.15) is 5.10 Å². The van der Waals surface area contributed by atoms with Gasteiger partial charge in [0.1, 0.15) is 23.6 Å². The predicted octanol–water partition coefficient (Wildman–Crippen LogP) is 1.69. The quantitative estimate of drug-likeness (QED) is 0.229. The average Bonchev–Trinajstić information content (AvgIpc) is 3.44. The molecule has 4 aromatic rings. The monoisotopic (exact) mass is 514 g/mol. The third-order valence-corrected chi connectivity index (χ3v) is 5.65. The summed E-state index contributed by atoms with van der Waals surface area (Å²) in [5.74, 6) is -0.377. The number of amides is 2. The molecule has 188 valence electrons. The lowest BCUT2D eigenvalue weighted by Gasteiger charge is -2.13. The number of carbonyl (C=O) groups excluding carboxylic acids is 2. The molecule has 0 saturated heterocycles. The van der Waals surface area contributed by atoms with Crippen molar-refractivity contribution in [3.63, 3.8) is 0 Å². The van der Waals surface area contributed by atoms with Crippen molar-refractivity contribution in [1.82, 2.24) is 19.3 Å². The summed E-state index contributed by atoms with van der Waals surface area (Å²) in [7, 11) is -3.20. The number of methoxy groups -OCH3 is 1. The number of phosphoric ester groups is 1. The molecular weight excluding hydrogens is 491 g/mol. The maximum atomic E-state index is 12.7. The number of hydrogen-bond acceptors (Lipinski definition) is 7. The summed E-state index contributed by atoms with van der Waals surface area (Å²) in [5.41, 5.74) is 7.44. The fraction of sp³-hybridized carbons (Fsp3) is 0.182. The number of ether oxygens (including phenoxy) is 1. The van der Waals surface area contributed by atoms with Gasteiger partial charge in [-0.1, -0.05) is 12.1 Å². The van der Waals surface area contributed by atoms with Crippen LogP contribution in [-0.2, 0) is 28.9 Å². The predicted molar refractivity (Wildman–Crippen MR) is 128 cm³/mol. The number of phosphoric acid groups is 1. The summed E-state index contributed by atoms with van der Waals surface area (Å²) in [4.78, 5) is 46.8. The zero-order valence-electron chi connectivity index (χ0n) is 19.1. The summed E-state index contributed by atoms with van der Waals surface area (Å²) in [6.45, 7) is 0.319. The van der Waals surface area contributed by atoms with Crippen LogP contribution in [0.4, 0.5) is 5.95 Å². The Labute approximate surface area is 204 Å². The SMILES string of the molecule is COc1cc(C(N)=O)cc2nc(NC(=O)Cn3cccn3)n(CCc3ccc(OP(=O)(O)O)cc3)c12. The molecule has 2 aromatic heterocycles. The number of hydrogen-bond donors (Lipinski definition) is 4. The summed E-state index contributed by atoms with van der Waals surface area (Å²) < 4.78 is 24.3. The molecule has 0 aliphatic heterocycles. The summed E-state index contributed by atoms with van der Waals surface area (Å²) in [6, 6.07) is 11.0. The molecule has 0 aliphatic carbocycles. The molecule has 0 saturated carbocycles. The molecule has 0 radical (unpaired) electrons. The third kappa shape index (κ3) is 5.89. The summed E-state index contributed by atoms with van der Waals surface area (Å²) >= 11 is 0. The van der Waals surface area contributed by atoms with Gasteiger partial charge in [0.05, 0.1) is 12.6 Å². The second kappa shape index (κ2) is 10.2. The van der Waals surface area contributed by atoms with E-state index < -0.39 is 13.7 Å². The van der Waals surface area contributed by atoms with Crippen LogP contribution in [-0.4, -0.2) is 48.0 Å². The van der Waals surface area contributed by atoms with Crippen molar-refractivity contribution >= 4 is 36.6 Å². The van der Waals surface area contributed by atoms with Crippen LogP contribution in [0.3, 0.4) is 0 Å². The number of benzene rings is 2. The summed E-state index contributed by atoms with van der Waals surface area (Å²) in [5, 5.41) is 6.81. The van der Waals surface area contributed by atoms with Gasteiger partial charge in [-0.3, -0.25) is 29.4 Å². The van der Waals surface area contributed by atoms with Crippen molar-refractivity contribution in [2.45, 2.75) is 19.5 Å². The number of nitrogens with one attached hydrogen (secondary N) is 1. The minimum Gasteiger partial charge on any atom is -0.494 e. The molecule has 2 heterocycles. The van der Waals surface area contributed by atoms with Gasteiger partial charge in [0, 0.05) is 24.5 Å². The molecule has 0 unspecified atom stereocenters. The number of primary amides is 1. The minimum absolute atomic E-state index is 0.0269. The molecule has 14 heteroatoms. The summed E-state index contributed by atoms with van der Waals surface area (Å²) in [6.07, 6.45) is 3.68. The van der Waals surface area contributed by atoms with E-state index in [2.05, 4.69) is 19.9 Å². The van der Waals surface area contributed by atoms with Crippen LogP contribution in [0.2, 0.25) is 0 Å². The maximum Gasteiger partial charge on any atom is 0.524 e. The van der Waals surface area contributed by atoms with Crippen LogP contribution in [0.5, 0.6) is 11.5 Å². The number of imidazole rings is 1. The second-order valence-electron chi connectivity index (χ2n) is 7.73. The zero-order chi connectivity index (χ0) is 25.9. The van der Waals surface area contributed by atoms with E-state index >= 15 is 0 Å². The average molecular weight is 514 g/mol. The number of anilines is 1. The van der Waals surface area contributed by atoms with Crippen LogP contribution in [0.15, 0.2) is 54.9 Å². The van der Waals surface area contributed by atoms with Gasteiger partial charge in [0.15, 0.2) is 0 Å². The molecule has 5 N–H and O–H groups in total. The standard InChI is InChI=1S/C22H23N6O7P/c1-34-18-12-15(21(23)30)11-17-20(18)28(22(25-17)26-19(29)13-27-9-2-8-24-27)10-7-14-3-5-16(6-4-14)35-36(31,32)33/h2-6,8-9,11-12H,7,10,13H2,1H3,(H2,23,30)(H,25,26,29)(H2,31,32,33). The number of rotatable bonds is 10. The first-order valence-electron chi connectivity index (χ1n) is 10.6. The topological polar surface area (TPSA) is 184 Å². The van der Waals surface area contributed by atoms with Gasteiger partial charge in [-0.05, 0) is 42.3 Å². The van der Waals surface area contributed by atoms with Crippen LogP contribution in [0.25, 0.3) is 11.0 Å². The Morgan fingerprint density at radius 2 is 1.94 bits per heavy atom. The van der Waals surface area contributed by atoms with Crippen molar-refractivity contribution in [3.8, 4) is 11.5 Å². The van der Waals surface area contributed by atoms with E-state index in [1.165, 1.54) is 36.1 Å². The smallest absolute Gasteiger partial charge is 0.494 e. The van der Waals surface area contributed by atoms with E-state index in [-0.39, 0.29) is 29.7 Å². The van der Waals surface area contributed by atoms with Crippen molar-refractivity contribution in [2.24, 2.45) is 5.73 Å². The van der Waals surface area contributed by atoms with E-state index in [9.17, 15) is 14.2 Å². The Hall–Kier alpha value is -4.19. The van der Waals surface area contributed by atoms with E-state index in [0.717, 1.165) is 5.56 Å². The number of nitrogens with two attached hydrogens (primary N) is 1. The lowest BCUT2D eigenvalue weighted by atomic mass is 10.1. The van der Waals surface area contributed by atoms with Gasteiger partial charge in [0.2, 0.25) is 17.8 Å². The molecule has 0 atom stereocenters. The van der Waals surface area contributed by atoms with Crippen LogP contribution >= 0.6 is 7.82 Å². The number of aromatic nitrogens is 4. The first-order valence-corrected chi connectivity index (χ1v) is 12.2. The molecule has 0 aliphatic rings. The Kier molecular flexibility index (Phi) is 7.06. The number of nitrogens with zero attached hydrogens (tertiary/aromatic N) is 4. The Balaban J connectivity index is 1.65. The van der Waals surface area contributed by atoms with Crippen LogP contribution < -0.4 is 20.3 Å². The number of fused-ring (bicyclic) bond motifs is 1. The lowest BCUT2D eigenvalue weighted by molar-refractivity contribution is -0.117. The molecule has 0 bridgehead atoms. The molecule has 2 aromatic carbocycles. The van der Waals surface area contributed by atoms with E-state index in [1.807, 2.05) is 0 Å². The first kappa shape index (κ1) is 24.9. The highest BCUT2D eigenvalue weighted by Gasteiger charge is 2.20. The van der Waals surface area contributed by atoms with Crippen molar-refractivity contribution in [3.05, 3.63) is 66.0 Å². The Morgan fingerprint density at radius 3 is 2.56 bits per heavy atom. The van der Waals surface area contributed by atoms with Crippen LogP contribution in [0, 0.1) is 0 Å². The van der Waals surface area contributed by atoms with Crippen molar-refractivity contribution in [1.29, 1.82) is 0 Å². The van der Waals surface area contributed by atoms with Gasteiger partial charge >= 0.3 is 7.82 Å². The molecule has 4 rings (SSSR count). The van der Waals surface area contributed by atoms with E-state index in [4.69, 9.17) is 20.3 Å². The van der Waals surface area contributed by atoms with Gasteiger partial charge < -0.3 is 19.6 Å². The van der Waals surface area contributed by atoms with Gasteiger partial charge in [-0.15, -0.1) is 0 Å². The molecule has 13 nitrogen and oxygen atoms in total. The van der Waals surface area contributed by atoms with Gasteiger partial charge in [0.25, 0.3) is 0 Å². The van der Waals surface area contributed by atoms with Gasteiger partial charge in [-0.25, -0.2) is 9.55 Å². The lowest BCUT2D eigenvalue weighted by Crippen LogP contribution is -2.21. The van der Waals surface area contributed by atoms with Crippen LogP contribution in [0.1, 0.15) is 15.9 Å². The van der Waals surface area contributed by atoms with E-state index in [0.29, 0.717) is 29.7 Å². The minimum atomic E-state index is -4.65. The molecule has 2 amide bonds. The first-order chi connectivity index (χ1) is 17.1. The van der Waals surface area contributed by atoms with E-state index in [1.54, 1.807) is 35.2 Å². The van der Waals surface area contributed by atoms with Crippen molar-refractivity contribution in [2.75, 3.05) is 12.4 Å².